The summed E-state index contributed by atoms with van der Waals surface area (Å²) in [4.78, 5) is 4.41. The number of hydrogen-bond donors (Lipinski definition) is 1. The number of nitrogens with one attached hydrogen (secondary N) is 1. The Morgan fingerprint density at radius 2 is 2.00 bits per heavy atom. The van der Waals surface area contributed by atoms with Crippen LogP contribution in [0.3, 0.4) is 0 Å². The summed E-state index contributed by atoms with van der Waals surface area (Å²) in [5.41, 5.74) is 2.46. The average Bonchev–Trinajstić information content (AvgIpc) is 2.37. The number of hydrogen-bond acceptors (Lipinski definition) is 2. The molecule has 0 aliphatic rings. The maximum Gasteiger partial charge on any atom is 0.0704 e. The summed E-state index contributed by atoms with van der Waals surface area (Å²) in [6.45, 7) is 7.67. The molecule has 1 heterocycles. The van der Waals surface area contributed by atoms with Crippen LogP contribution in [0.15, 0.2) is 36.5 Å². The van der Waals surface area contributed by atoms with Gasteiger partial charge in [-0.25, -0.2) is 0 Å². The molecule has 2 unspecified atom stereocenters. The van der Waals surface area contributed by atoms with Gasteiger partial charge in [-0.15, -0.1) is 0 Å². The molecule has 17 heavy (non-hydrogen) atoms. The quantitative estimate of drug-likeness (QED) is 0.868. The van der Waals surface area contributed by atoms with E-state index < -0.39 is 0 Å². The van der Waals surface area contributed by atoms with E-state index in [2.05, 4.69) is 55.3 Å². The van der Waals surface area contributed by atoms with E-state index in [0.29, 0.717) is 12.0 Å². The molecule has 2 atom stereocenters. The first-order chi connectivity index (χ1) is 8.24. The van der Waals surface area contributed by atoms with Crippen molar-refractivity contribution in [2.75, 3.05) is 6.54 Å². The van der Waals surface area contributed by atoms with E-state index in [1.165, 1.54) is 10.9 Å². The summed E-state index contributed by atoms with van der Waals surface area (Å²) in [5.74, 6) is 0.489. The second-order valence-electron chi connectivity index (χ2n) is 4.55. The predicted molar refractivity (Wildman–Crippen MR) is 73.3 cm³/mol. The summed E-state index contributed by atoms with van der Waals surface area (Å²) in [7, 11) is 0. The van der Waals surface area contributed by atoms with Crippen LogP contribution in [0.5, 0.6) is 0 Å². The summed E-state index contributed by atoms with van der Waals surface area (Å²) in [5, 5.41) is 4.76. The van der Waals surface area contributed by atoms with Gasteiger partial charge in [0.25, 0.3) is 0 Å². The zero-order chi connectivity index (χ0) is 12.3. The van der Waals surface area contributed by atoms with Crippen LogP contribution in [-0.4, -0.2) is 17.6 Å². The van der Waals surface area contributed by atoms with Crippen LogP contribution in [0, 0.1) is 0 Å². The normalized spacial score (nSPS) is 14.8. The molecule has 0 bridgehead atoms. The van der Waals surface area contributed by atoms with Crippen LogP contribution >= 0.6 is 0 Å². The fraction of sp³-hybridized carbons (Fsp3) is 0.400. The lowest BCUT2D eigenvalue weighted by Crippen LogP contribution is -2.30. The number of benzene rings is 1. The van der Waals surface area contributed by atoms with Crippen molar-refractivity contribution >= 4 is 10.9 Å². The lowest BCUT2D eigenvalue weighted by Gasteiger charge is -2.22. The lowest BCUT2D eigenvalue weighted by atomic mass is 9.91. The minimum atomic E-state index is 0.478. The van der Waals surface area contributed by atoms with Crippen LogP contribution in [-0.2, 0) is 0 Å². The Morgan fingerprint density at radius 1 is 1.18 bits per heavy atom. The maximum atomic E-state index is 4.41. The zero-order valence-corrected chi connectivity index (χ0v) is 10.8. The zero-order valence-electron chi connectivity index (χ0n) is 10.8. The third-order valence-electron chi connectivity index (χ3n) is 3.45. The first kappa shape index (κ1) is 12.1. The van der Waals surface area contributed by atoms with Gasteiger partial charge in [0.15, 0.2) is 0 Å². The fourth-order valence-electron chi connectivity index (χ4n) is 2.29. The third kappa shape index (κ3) is 2.47. The molecule has 0 aliphatic carbocycles. The Hall–Kier alpha value is -1.41. The minimum absolute atomic E-state index is 0.478. The van der Waals surface area contributed by atoms with Crippen LogP contribution in [0.25, 0.3) is 10.9 Å². The second-order valence-corrected chi connectivity index (χ2v) is 4.55. The molecule has 0 saturated heterocycles. The van der Waals surface area contributed by atoms with E-state index in [9.17, 15) is 0 Å². The van der Waals surface area contributed by atoms with Gasteiger partial charge in [0, 0.05) is 17.6 Å². The van der Waals surface area contributed by atoms with Crippen LogP contribution < -0.4 is 5.32 Å². The van der Waals surface area contributed by atoms with E-state index in [1.54, 1.807) is 0 Å². The molecule has 1 aromatic heterocycles. The van der Waals surface area contributed by atoms with Crippen molar-refractivity contribution in [2.24, 2.45) is 0 Å². The number of rotatable bonds is 4. The van der Waals surface area contributed by atoms with Crippen molar-refractivity contribution in [2.45, 2.75) is 32.7 Å². The van der Waals surface area contributed by atoms with Crippen molar-refractivity contribution < 1.29 is 0 Å². The molecule has 2 nitrogen and oxygen atoms in total. The van der Waals surface area contributed by atoms with Gasteiger partial charge in [0.05, 0.1) is 5.52 Å². The minimum Gasteiger partial charge on any atom is -0.314 e. The Morgan fingerprint density at radius 3 is 2.76 bits per heavy atom. The molecule has 1 N–H and O–H groups in total. The molecule has 0 radical (unpaired) electrons. The Labute approximate surface area is 103 Å². The Balaban J connectivity index is 2.41. The van der Waals surface area contributed by atoms with Crippen LogP contribution in [0.4, 0.5) is 0 Å². The van der Waals surface area contributed by atoms with Crippen molar-refractivity contribution in [3.8, 4) is 0 Å². The summed E-state index contributed by atoms with van der Waals surface area (Å²) in [6, 6.07) is 11.0. The highest BCUT2D eigenvalue weighted by molar-refractivity contribution is 5.82. The van der Waals surface area contributed by atoms with Gasteiger partial charge >= 0.3 is 0 Å². The Kier molecular flexibility index (Phi) is 3.75. The molecule has 0 spiro atoms. The van der Waals surface area contributed by atoms with Crippen molar-refractivity contribution in [3.05, 3.63) is 42.1 Å². The number of nitrogens with zero attached hydrogens (tertiary/aromatic N) is 1. The predicted octanol–water partition coefficient (Wildman–Crippen LogP) is 3.34. The lowest BCUT2D eigenvalue weighted by molar-refractivity contribution is 0.497. The first-order valence-electron chi connectivity index (χ1n) is 6.31. The summed E-state index contributed by atoms with van der Waals surface area (Å²) < 4.78 is 0. The van der Waals surface area contributed by atoms with Gasteiger partial charge in [-0.1, -0.05) is 32.0 Å². The molecular weight excluding hydrogens is 208 g/mol. The SMILES string of the molecule is CCNC(C)C(C)c1cccc2ncccc12. The van der Waals surface area contributed by atoms with E-state index in [1.807, 2.05) is 12.3 Å². The highest BCUT2D eigenvalue weighted by Gasteiger charge is 2.15. The van der Waals surface area contributed by atoms with Gasteiger partial charge < -0.3 is 5.32 Å². The topological polar surface area (TPSA) is 24.9 Å². The largest absolute Gasteiger partial charge is 0.314 e. The molecule has 2 rings (SSSR count). The van der Waals surface area contributed by atoms with E-state index >= 15 is 0 Å². The van der Waals surface area contributed by atoms with Crippen molar-refractivity contribution in [3.63, 3.8) is 0 Å². The highest BCUT2D eigenvalue weighted by atomic mass is 14.9. The molecule has 2 heteroatoms. The molecule has 0 saturated carbocycles. The average molecular weight is 228 g/mol. The van der Waals surface area contributed by atoms with Crippen molar-refractivity contribution in [1.29, 1.82) is 0 Å². The van der Waals surface area contributed by atoms with Crippen LogP contribution in [0.2, 0.25) is 0 Å². The number of aromatic nitrogens is 1. The maximum absolute atomic E-state index is 4.41. The monoisotopic (exact) mass is 228 g/mol. The van der Waals surface area contributed by atoms with Crippen LogP contribution in [0.1, 0.15) is 32.3 Å². The molecule has 90 valence electrons. The van der Waals surface area contributed by atoms with E-state index in [-0.39, 0.29) is 0 Å². The van der Waals surface area contributed by atoms with Gasteiger partial charge in [-0.05, 0) is 37.1 Å². The number of fused-ring (bicyclic) bond motifs is 1. The molecule has 0 amide bonds. The van der Waals surface area contributed by atoms with E-state index in [0.717, 1.165) is 12.1 Å². The third-order valence-corrected chi connectivity index (χ3v) is 3.45. The molecular formula is C15H20N2. The fourth-order valence-corrected chi connectivity index (χ4v) is 2.29. The first-order valence-corrected chi connectivity index (χ1v) is 6.31. The number of pyridine rings is 1. The summed E-state index contributed by atoms with van der Waals surface area (Å²) >= 11 is 0. The smallest absolute Gasteiger partial charge is 0.0704 e. The molecule has 2 aromatic rings. The van der Waals surface area contributed by atoms with Gasteiger partial charge in [-0.2, -0.15) is 0 Å². The van der Waals surface area contributed by atoms with Gasteiger partial charge in [0.2, 0.25) is 0 Å². The standard InChI is InChI=1S/C15H20N2/c1-4-16-12(3)11(2)13-7-5-9-15-14(13)8-6-10-17-15/h5-12,16H,4H2,1-3H3. The van der Waals surface area contributed by atoms with Crippen molar-refractivity contribution in [1.82, 2.24) is 10.3 Å². The number of likely N-dealkylation sites (N-methyl/N-ethyl adjacent to an activating group) is 1. The molecule has 0 aliphatic heterocycles. The Bertz CT molecular complexity index is 488. The second kappa shape index (κ2) is 5.28. The van der Waals surface area contributed by atoms with Gasteiger partial charge in [0.1, 0.15) is 0 Å². The van der Waals surface area contributed by atoms with E-state index in [4.69, 9.17) is 0 Å². The molecule has 0 fully saturated rings. The molecule has 1 aromatic carbocycles. The van der Waals surface area contributed by atoms with Gasteiger partial charge in [-0.3, -0.25) is 4.98 Å². The summed E-state index contributed by atoms with van der Waals surface area (Å²) in [6.07, 6.45) is 1.85. The highest BCUT2D eigenvalue weighted by Crippen LogP contribution is 2.26.